The van der Waals surface area contributed by atoms with Gasteiger partial charge in [-0.3, -0.25) is 9.78 Å². The number of para-hydroxylation sites is 1. The molecular formula is C20H21N3O3S3. The standard InChI is InChI=1S/C20H21N3O3S3/c1-2-22(11-12-23-18(24)14-28-20(23)16-8-5-13-27-16)29(25,26)17-9-3-6-15-7-4-10-21-19(15)17/h3-10,13,20H,2,11-12,14H2,1H3. The van der Waals surface area contributed by atoms with Crippen LogP contribution in [0.15, 0.2) is 58.9 Å². The number of sulfonamides is 1. The van der Waals surface area contributed by atoms with Crippen molar-refractivity contribution in [3.8, 4) is 0 Å². The second-order valence-electron chi connectivity index (χ2n) is 6.59. The Balaban J connectivity index is 1.58. The van der Waals surface area contributed by atoms with Crippen LogP contribution in [0.25, 0.3) is 10.9 Å². The van der Waals surface area contributed by atoms with Crippen LogP contribution in [0.5, 0.6) is 0 Å². The highest BCUT2D eigenvalue weighted by Gasteiger charge is 2.34. The second kappa shape index (κ2) is 8.43. The van der Waals surface area contributed by atoms with Gasteiger partial charge in [-0.1, -0.05) is 31.2 Å². The maximum absolute atomic E-state index is 13.4. The van der Waals surface area contributed by atoms with Crippen molar-refractivity contribution in [1.82, 2.24) is 14.2 Å². The molecule has 1 aliphatic heterocycles. The van der Waals surface area contributed by atoms with Crippen LogP contribution in [0.2, 0.25) is 0 Å². The highest BCUT2D eigenvalue weighted by Crippen LogP contribution is 2.40. The number of thioether (sulfide) groups is 1. The van der Waals surface area contributed by atoms with Crippen LogP contribution in [0.3, 0.4) is 0 Å². The van der Waals surface area contributed by atoms with Crippen molar-refractivity contribution >= 4 is 49.9 Å². The van der Waals surface area contributed by atoms with Crippen molar-refractivity contribution < 1.29 is 13.2 Å². The summed E-state index contributed by atoms with van der Waals surface area (Å²) in [6, 6.07) is 12.8. The van der Waals surface area contributed by atoms with E-state index >= 15 is 0 Å². The lowest BCUT2D eigenvalue weighted by Crippen LogP contribution is -2.40. The van der Waals surface area contributed by atoms with Gasteiger partial charge in [0.15, 0.2) is 0 Å². The molecule has 6 nitrogen and oxygen atoms in total. The lowest BCUT2D eigenvalue weighted by molar-refractivity contribution is -0.128. The minimum absolute atomic E-state index is 0.0388. The van der Waals surface area contributed by atoms with Gasteiger partial charge < -0.3 is 4.90 Å². The number of thiophene rings is 1. The third-order valence-electron chi connectivity index (χ3n) is 4.91. The monoisotopic (exact) mass is 447 g/mol. The summed E-state index contributed by atoms with van der Waals surface area (Å²) in [6.45, 7) is 2.74. The number of carbonyl (C=O) groups is 1. The molecule has 1 amide bonds. The SMILES string of the molecule is CCN(CCN1C(=O)CSC1c1cccs1)S(=O)(=O)c1cccc2cccnc12. The first-order valence-electron chi connectivity index (χ1n) is 9.30. The van der Waals surface area contributed by atoms with Gasteiger partial charge in [0.2, 0.25) is 15.9 Å². The summed E-state index contributed by atoms with van der Waals surface area (Å²) in [5.74, 6) is 0.475. The van der Waals surface area contributed by atoms with Gasteiger partial charge in [-0.15, -0.1) is 23.1 Å². The number of carbonyl (C=O) groups excluding carboxylic acids is 1. The Labute approximate surface area is 178 Å². The van der Waals surface area contributed by atoms with Crippen LogP contribution in [0, 0.1) is 0 Å². The average molecular weight is 448 g/mol. The summed E-state index contributed by atoms with van der Waals surface area (Å²) in [6.07, 6.45) is 1.60. The molecule has 0 aliphatic carbocycles. The normalized spacial score (nSPS) is 17.5. The number of pyridine rings is 1. The number of nitrogens with zero attached hydrogens (tertiary/aromatic N) is 3. The van der Waals surface area contributed by atoms with Gasteiger partial charge in [0.25, 0.3) is 0 Å². The first-order valence-corrected chi connectivity index (χ1v) is 12.7. The Morgan fingerprint density at radius 1 is 1.21 bits per heavy atom. The summed E-state index contributed by atoms with van der Waals surface area (Å²) < 4.78 is 28.1. The highest BCUT2D eigenvalue weighted by molar-refractivity contribution is 8.00. The molecule has 1 atom stereocenters. The van der Waals surface area contributed by atoms with E-state index in [-0.39, 0.29) is 22.7 Å². The number of amides is 1. The maximum atomic E-state index is 13.4. The molecule has 0 spiro atoms. The third kappa shape index (κ3) is 3.92. The molecule has 0 radical (unpaired) electrons. The number of hydrogen-bond acceptors (Lipinski definition) is 6. The van der Waals surface area contributed by atoms with E-state index in [1.165, 1.54) is 4.31 Å². The topological polar surface area (TPSA) is 70.6 Å². The number of rotatable bonds is 7. The van der Waals surface area contributed by atoms with Crippen LogP contribution in [0.4, 0.5) is 0 Å². The molecule has 2 aromatic heterocycles. The zero-order chi connectivity index (χ0) is 20.4. The molecule has 29 heavy (non-hydrogen) atoms. The van der Waals surface area contributed by atoms with Crippen LogP contribution in [0.1, 0.15) is 17.2 Å². The third-order valence-corrected chi connectivity index (χ3v) is 9.23. The molecule has 3 aromatic rings. The maximum Gasteiger partial charge on any atom is 0.245 e. The van der Waals surface area contributed by atoms with E-state index in [9.17, 15) is 13.2 Å². The molecule has 1 aliphatic rings. The van der Waals surface area contributed by atoms with Gasteiger partial charge in [-0.2, -0.15) is 4.31 Å². The van der Waals surface area contributed by atoms with Gasteiger partial charge in [0.1, 0.15) is 10.3 Å². The van der Waals surface area contributed by atoms with E-state index in [4.69, 9.17) is 0 Å². The van der Waals surface area contributed by atoms with E-state index in [0.29, 0.717) is 24.4 Å². The molecule has 3 heterocycles. The molecule has 1 aromatic carbocycles. The van der Waals surface area contributed by atoms with Crippen molar-refractivity contribution in [2.75, 3.05) is 25.4 Å². The second-order valence-corrected chi connectivity index (χ2v) is 10.5. The van der Waals surface area contributed by atoms with E-state index in [0.717, 1.165) is 10.3 Å². The molecule has 4 rings (SSSR count). The minimum atomic E-state index is -3.73. The van der Waals surface area contributed by atoms with Gasteiger partial charge in [0, 0.05) is 36.1 Å². The van der Waals surface area contributed by atoms with Gasteiger partial charge >= 0.3 is 0 Å². The van der Waals surface area contributed by atoms with Crippen LogP contribution in [-0.2, 0) is 14.8 Å². The van der Waals surface area contributed by atoms with Crippen LogP contribution in [-0.4, -0.2) is 53.9 Å². The Hall–Kier alpha value is -1.94. The summed E-state index contributed by atoms with van der Waals surface area (Å²) in [4.78, 5) is 19.8. The van der Waals surface area contributed by atoms with Crippen molar-refractivity contribution in [2.24, 2.45) is 0 Å². The predicted octanol–water partition coefficient (Wildman–Crippen LogP) is 3.58. The Bertz CT molecular complexity index is 1110. The average Bonchev–Trinajstić information content (AvgIpc) is 3.38. The molecule has 1 unspecified atom stereocenters. The molecular weight excluding hydrogens is 426 g/mol. The quantitative estimate of drug-likeness (QED) is 0.554. The van der Waals surface area contributed by atoms with Gasteiger partial charge in [-0.25, -0.2) is 8.42 Å². The number of fused-ring (bicyclic) bond motifs is 1. The fraction of sp³-hybridized carbons (Fsp3) is 0.300. The zero-order valence-corrected chi connectivity index (χ0v) is 18.3. The molecule has 0 N–H and O–H groups in total. The Kier molecular flexibility index (Phi) is 5.91. The molecule has 0 saturated carbocycles. The van der Waals surface area contributed by atoms with Crippen molar-refractivity contribution in [1.29, 1.82) is 0 Å². The molecule has 1 saturated heterocycles. The van der Waals surface area contributed by atoms with Crippen molar-refractivity contribution in [3.63, 3.8) is 0 Å². The minimum Gasteiger partial charge on any atom is -0.324 e. The van der Waals surface area contributed by atoms with Crippen LogP contribution >= 0.6 is 23.1 Å². The smallest absolute Gasteiger partial charge is 0.245 e. The van der Waals surface area contributed by atoms with E-state index in [2.05, 4.69) is 4.98 Å². The fourth-order valence-corrected chi connectivity index (χ4v) is 7.26. The summed E-state index contributed by atoms with van der Waals surface area (Å²) >= 11 is 3.21. The Morgan fingerprint density at radius 2 is 2.03 bits per heavy atom. The van der Waals surface area contributed by atoms with E-state index in [1.807, 2.05) is 36.6 Å². The van der Waals surface area contributed by atoms with Crippen molar-refractivity contribution in [3.05, 3.63) is 58.9 Å². The van der Waals surface area contributed by atoms with Gasteiger partial charge in [0.05, 0.1) is 11.3 Å². The highest BCUT2D eigenvalue weighted by atomic mass is 32.2. The predicted molar refractivity (Wildman–Crippen MR) is 117 cm³/mol. The Morgan fingerprint density at radius 3 is 2.79 bits per heavy atom. The lowest BCUT2D eigenvalue weighted by atomic mass is 10.2. The van der Waals surface area contributed by atoms with Gasteiger partial charge in [-0.05, 0) is 23.6 Å². The first kappa shape index (κ1) is 20.3. The first-order chi connectivity index (χ1) is 14.0. The number of aromatic nitrogens is 1. The molecule has 0 bridgehead atoms. The van der Waals surface area contributed by atoms with E-state index in [1.54, 1.807) is 52.4 Å². The lowest BCUT2D eigenvalue weighted by Gasteiger charge is -2.27. The van der Waals surface area contributed by atoms with E-state index < -0.39 is 10.0 Å². The number of hydrogen-bond donors (Lipinski definition) is 0. The fourth-order valence-electron chi connectivity index (χ4n) is 3.45. The number of likely N-dealkylation sites (N-methyl/N-ethyl adjacent to an activating group) is 1. The summed E-state index contributed by atoms with van der Waals surface area (Å²) in [5.41, 5.74) is 0.470. The zero-order valence-electron chi connectivity index (χ0n) is 15.9. The van der Waals surface area contributed by atoms with Crippen LogP contribution < -0.4 is 0 Å². The summed E-state index contributed by atoms with van der Waals surface area (Å²) in [7, 11) is -3.73. The number of benzene rings is 1. The molecule has 1 fully saturated rings. The molecule has 9 heteroatoms. The summed E-state index contributed by atoms with van der Waals surface area (Å²) in [5, 5.41) is 2.74. The molecule has 152 valence electrons. The largest absolute Gasteiger partial charge is 0.324 e. The van der Waals surface area contributed by atoms with Crippen molar-refractivity contribution in [2.45, 2.75) is 17.2 Å².